The van der Waals surface area contributed by atoms with Gasteiger partial charge in [0.2, 0.25) is 5.91 Å². The third-order valence-electron chi connectivity index (χ3n) is 3.81. The van der Waals surface area contributed by atoms with E-state index in [1.807, 2.05) is 24.0 Å². The summed E-state index contributed by atoms with van der Waals surface area (Å²) < 4.78 is 5.17. The number of methoxy groups -OCH3 is 1. The maximum Gasteiger partial charge on any atom is 0.222 e. The van der Waals surface area contributed by atoms with E-state index in [4.69, 9.17) is 4.74 Å². The smallest absolute Gasteiger partial charge is 0.222 e. The topological polar surface area (TPSA) is 32.8 Å². The van der Waals surface area contributed by atoms with Crippen molar-refractivity contribution < 1.29 is 9.53 Å². The van der Waals surface area contributed by atoms with E-state index in [0.29, 0.717) is 6.42 Å². The number of carbonyl (C=O) groups excluding carboxylic acids is 1. The summed E-state index contributed by atoms with van der Waals surface area (Å²) in [6, 6.07) is 8.22. The molecular formula is C16H24N2O2. The van der Waals surface area contributed by atoms with Crippen LogP contribution in [-0.2, 0) is 11.3 Å². The van der Waals surface area contributed by atoms with E-state index in [9.17, 15) is 4.79 Å². The zero-order chi connectivity index (χ0) is 14.4. The van der Waals surface area contributed by atoms with E-state index in [0.717, 1.165) is 44.9 Å². The van der Waals surface area contributed by atoms with Crippen LogP contribution in [0.15, 0.2) is 24.3 Å². The van der Waals surface area contributed by atoms with Gasteiger partial charge in [-0.3, -0.25) is 9.69 Å². The molecular weight excluding hydrogens is 252 g/mol. The minimum atomic E-state index is 0.274. The van der Waals surface area contributed by atoms with Gasteiger partial charge in [0, 0.05) is 39.1 Å². The molecule has 0 unspecified atom stereocenters. The highest BCUT2D eigenvalue weighted by Crippen LogP contribution is 2.14. The summed E-state index contributed by atoms with van der Waals surface area (Å²) in [6.07, 6.45) is 1.67. The number of hydrogen-bond donors (Lipinski definition) is 0. The fraction of sp³-hybridized carbons (Fsp3) is 0.562. The zero-order valence-corrected chi connectivity index (χ0v) is 12.5. The van der Waals surface area contributed by atoms with Gasteiger partial charge in [0.25, 0.3) is 0 Å². The minimum Gasteiger partial charge on any atom is -0.497 e. The van der Waals surface area contributed by atoms with Crippen LogP contribution in [-0.4, -0.2) is 49.0 Å². The summed E-state index contributed by atoms with van der Waals surface area (Å²) >= 11 is 0. The molecule has 1 heterocycles. The third kappa shape index (κ3) is 3.97. The molecule has 0 radical (unpaired) electrons. The van der Waals surface area contributed by atoms with E-state index in [-0.39, 0.29) is 5.91 Å². The summed E-state index contributed by atoms with van der Waals surface area (Å²) in [4.78, 5) is 16.2. The largest absolute Gasteiger partial charge is 0.497 e. The molecule has 1 amide bonds. The molecule has 4 heteroatoms. The Hall–Kier alpha value is -1.55. The average molecular weight is 276 g/mol. The number of nitrogens with zero attached hydrogens (tertiary/aromatic N) is 2. The zero-order valence-electron chi connectivity index (χ0n) is 12.5. The molecule has 2 rings (SSSR count). The molecule has 0 atom stereocenters. The fourth-order valence-corrected chi connectivity index (χ4v) is 2.59. The van der Waals surface area contributed by atoms with Crippen molar-refractivity contribution in [2.45, 2.75) is 26.3 Å². The molecule has 0 aromatic heterocycles. The molecule has 20 heavy (non-hydrogen) atoms. The molecule has 0 saturated carbocycles. The van der Waals surface area contributed by atoms with Crippen molar-refractivity contribution in [2.24, 2.45) is 0 Å². The van der Waals surface area contributed by atoms with E-state index in [1.165, 1.54) is 5.56 Å². The molecule has 1 aliphatic rings. The quantitative estimate of drug-likeness (QED) is 0.844. The molecule has 1 fully saturated rings. The Labute approximate surface area is 121 Å². The molecule has 1 aromatic carbocycles. The van der Waals surface area contributed by atoms with Crippen molar-refractivity contribution in [3.05, 3.63) is 29.8 Å². The van der Waals surface area contributed by atoms with Gasteiger partial charge in [-0.05, 0) is 24.1 Å². The molecule has 0 N–H and O–H groups in total. The first-order valence-electron chi connectivity index (χ1n) is 7.36. The first-order chi connectivity index (χ1) is 9.72. The van der Waals surface area contributed by atoms with Gasteiger partial charge in [-0.15, -0.1) is 0 Å². The van der Waals surface area contributed by atoms with Crippen LogP contribution in [0.25, 0.3) is 0 Å². The van der Waals surface area contributed by atoms with Crippen molar-refractivity contribution in [1.82, 2.24) is 9.80 Å². The van der Waals surface area contributed by atoms with Gasteiger partial charge in [-0.2, -0.15) is 0 Å². The van der Waals surface area contributed by atoms with Gasteiger partial charge in [0.05, 0.1) is 7.11 Å². The highest BCUT2D eigenvalue weighted by molar-refractivity contribution is 5.75. The van der Waals surface area contributed by atoms with Crippen LogP contribution < -0.4 is 4.74 Å². The van der Waals surface area contributed by atoms with Gasteiger partial charge >= 0.3 is 0 Å². The van der Waals surface area contributed by atoms with Gasteiger partial charge < -0.3 is 9.64 Å². The Balaban J connectivity index is 1.88. The first-order valence-corrected chi connectivity index (χ1v) is 7.36. The molecule has 4 nitrogen and oxygen atoms in total. The number of benzene rings is 1. The fourth-order valence-electron chi connectivity index (χ4n) is 2.59. The average Bonchev–Trinajstić information content (AvgIpc) is 2.73. The lowest BCUT2D eigenvalue weighted by molar-refractivity contribution is -0.130. The van der Waals surface area contributed by atoms with Gasteiger partial charge in [-0.25, -0.2) is 0 Å². The normalized spacial score (nSPS) is 16.8. The number of ether oxygens (including phenoxy) is 1. The molecule has 1 saturated heterocycles. The summed E-state index contributed by atoms with van der Waals surface area (Å²) in [7, 11) is 1.68. The van der Waals surface area contributed by atoms with E-state index in [1.54, 1.807) is 7.11 Å². The lowest BCUT2D eigenvalue weighted by Gasteiger charge is -2.21. The maximum atomic E-state index is 11.7. The molecule has 1 aliphatic heterocycles. The molecule has 1 aromatic rings. The lowest BCUT2D eigenvalue weighted by Crippen LogP contribution is -2.34. The highest BCUT2D eigenvalue weighted by atomic mass is 16.5. The number of hydrogen-bond acceptors (Lipinski definition) is 3. The van der Waals surface area contributed by atoms with Crippen molar-refractivity contribution >= 4 is 5.91 Å². The second-order valence-electron chi connectivity index (χ2n) is 5.21. The highest BCUT2D eigenvalue weighted by Gasteiger charge is 2.17. The number of rotatable bonds is 4. The van der Waals surface area contributed by atoms with Gasteiger partial charge in [0.15, 0.2) is 0 Å². The van der Waals surface area contributed by atoms with Crippen LogP contribution in [0, 0.1) is 0 Å². The summed E-state index contributed by atoms with van der Waals surface area (Å²) in [6.45, 7) is 6.63. The number of amides is 1. The Morgan fingerprint density at radius 1 is 1.15 bits per heavy atom. The Morgan fingerprint density at radius 3 is 2.55 bits per heavy atom. The van der Waals surface area contributed by atoms with Crippen LogP contribution in [0.4, 0.5) is 0 Å². The molecule has 110 valence electrons. The molecule has 0 bridgehead atoms. The SMILES string of the molecule is CCC(=O)N1CCCN(Cc2ccc(OC)cc2)CC1. The van der Waals surface area contributed by atoms with Gasteiger partial charge in [0.1, 0.15) is 5.75 Å². The second kappa shape index (κ2) is 7.29. The van der Waals surface area contributed by atoms with E-state index >= 15 is 0 Å². The van der Waals surface area contributed by atoms with E-state index in [2.05, 4.69) is 17.0 Å². The lowest BCUT2D eigenvalue weighted by atomic mass is 10.2. The Morgan fingerprint density at radius 2 is 1.90 bits per heavy atom. The van der Waals surface area contributed by atoms with Crippen LogP contribution >= 0.6 is 0 Å². The molecule has 0 aliphatic carbocycles. The van der Waals surface area contributed by atoms with Crippen molar-refractivity contribution in [2.75, 3.05) is 33.3 Å². The van der Waals surface area contributed by atoms with Crippen molar-refractivity contribution in [3.63, 3.8) is 0 Å². The van der Waals surface area contributed by atoms with Crippen molar-refractivity contribution in [3.8, 4) is 5.75 Å². The number of carbonyl (C=O) groups is 1. The van der Waals surface area contributed by atoms with E-state index < -0.39 is 0 Å². The van der Waals surface area contributed by atoms with Crippen LogP contribution in [0.2, 0.25) is 0 Å². The van der Waals surface area contributed by atoms with Crippen LogP contribution in [0.1, 0.15) is 25.3 Å². The predicted molar refractivity (Wildman–Crippen MR) is 79.8 cm³/mol. The second-order valence-corrected chi connectivity index (χ2v) is 5.21. The Kier molecular flexibility index (Phi) is 5.41. The first kappa shape index (κ1) is 14.9. The van der Waals surface area contributed by atoms with Crippen LogP contribution in [0.3, 0.4) is 0 Å². The monoisotopic (exact) mass is 276 g/mol. The third-order valence-corrected chi connectivity index (χ3v) is 3.81. The molecule has 0 spiro atoms. The van der Waals surface area contributed by atoms with Crippen LogP contribution in [0.5, 0.6) is 5.75 Å². The predicted octanol–water partition coefficient (Wildman–Crippen LogP) is 2.14. The Bertz CT molecular complexity index is 431. The van der Waals surface area contributed by atoms with Crippen molar-refractivity contribution in [1.29, 1.82) is 0 Å². The van der Waals surface area contributed by atoms with Gasteiger partial charge in [-0.1, -0.05) is 19.1 Å². The summed E-state index contributed by atoms with van der Waals surface area (Å²) in [5, 5.41) is 0. The summed E-state index contributed by atoms with van der Waals surface area (Å²) in [5.74, 6) is 1.17. The standard InChI is InChI=1S/C16H24N2O2/c1-3-16(19)18-10-4-9-17(11-12-18)13-14-5-7-15(20-2)8-6-14/h5-8H,3-4,9-13H2,1-2H3. The minimum absolute atomic E-state index is 0.274. The summed E-state index contributed by atoms with van der Waals surface area (Å²) in [5.41, 5.74) is 1.29. The maximum absolute atomic E-state index is 11.7.